The van der Waals surface area contributed by atoms with E-state index in [0.29, 0.717) is 17.4 Å². The van der Waals surface area contributed by atoms with Gasteiger partial charge in [-0.1, -0.05) is 24.3 Å². The summed E-state index contributed by atoms with van der Waals surface area (Å²) in [5.41, 5.74) is 1.16. The van der Waals surface area contributed by atoms with E-state index in [1.165, 1.54) is 24.3 Å². The van der Waals surface area contributed by atoms with E-state index in [-0.39, 0.29) is 11.1 Å². The van der Waals surface area contributed by atoms with Gasteiger partial charge in [-0.05, 0) is 29.3 Å². The Labute approximate surface area is 103 Å². The van der Waals surface area contributed by atoms with Crippen LogP contribution in [-0.2, 0) is 0 Å². The first-order valence-corrected chi connectivity index (χ1v) is 5.21. The molecule has 2 aromatic rings. The van der Waals surface area contributed by atoms with Gasteiger partial charge in [-0.3, -0.25) is 4.79 Å². The average Bonchev–Trinajstić information content (AvgIpc) is 2.38. The number of aldehydes is 1. The van der Waals surface area contributed by atoms with Crippen molar-refractivity contribution in [2.75, 3.05) is 0 Å². The third kappa shape index (κ3) is 2.13. The molecule has 1 N–H and O–H groups in total. The number of hydrogen-bond acceptors (Lipinski definition) is 2. The Hall–Kier alpha value is -2.49. The van der Waals surface area contributed by atoms with Gasteiger partial charge in [-0.15, -0.1) is 0 Å². The summed E-state index contributed by atoms with van der Waals surface area (Å²) < 4.78 is 13.4. The fourth-order valence-electron chi connectivity index (χ4n) is 1.70. The highest BCUT2D eigenvalue weighted by molar-refractivity contribution is 5.90. The number of carbonyl (C=O) groups excluding carboxylic acids is 1. The van der Waals surface area contributed by atoms with E-state index in [0.717, 1.165) is 0 Å². The highest BCUT2D eigenvalue weighted by Crippen LogP contribution is 2.24. The van der Waals surface area contributed by atoms with E-state index in [1.807, 2.05) is 0 Å². The Balaban J connectivity index is 2.52. The minimum absolute atomic E-state index is 0.0272. The standard InChI is InChI=1S/C14H9FO3/c15-13-3-1-2-11(12(13)8-16)9-4-6-10(7-5-9)14(17)18/h1-8H,(H,17,18). The van der Waals surface area contributed by atoms with Gasteiger partial charge in [0.05, 0.1) is 11.1 Å². The first-order valence-electron chi connectivity index (χ1n) is 5.21. The molecule has 2 aromatic carbocycles. The maximum Gasteiger partial charge on any atom is 0.335 e. The molecule has 18 heavy (non-hydrogen) atoms. The molecule has 3 nitrogen and oxygen atoms in total. The van der Waals surface area contributed by atoms with Crippen LogP contribution in [0.4, 0.5) is 4.39 Å². The third-order valence-electron chi connectivity index (χ3n) is 2.61. The summed E-state index contributed by atoms with van der Waals surface area (Å²) in [5.74, 6) is -1.62. The molecule has 0 saturated heterocycles. The van der Waals surface area contributed by atoms with Gasteiger partial charge in [-0.2, -0.15) is 0 Å². The van der Waals surface area contributed by atoms with Crippen molar-refractivity contribution >= 4 is 12.3 Å². The summed E-state index contributed by atoms with van der Waals surface area (Å²) in [6, 6.07) is 10.2. The number of hydrogen-bond donors (Lipinski definition) is 1. The first-order chi connectivity index (χ1) is 8.63. The van der Waals surface area contributed by atoms with Gasteiger partial charge < -0.3 is 5.11 Å². The summed E-state index contributed by atoms with van der Waals surface area (Å²) in [7, 11) is 0. The van der Waals surface area contributed by atoms with Gasteiger partial charge in [-0.25, -0.2) is 9.18 Å². The van der Waals surface area contributed by atoms with Crippen LogP contribution in [-0.4, -0.2) is 17.4 Å². The number of carbonyl (C=O) groups is 2. The van der Waals surface area contributed by atoms with E-state index < -0.39 is 11.8 Å². The van der Waals surface area contributed by atoms with Crippen molar-refractivity contribution in [3.8, 4) is 11.1 Å². The lowest BCUT2D eigenvalue weighted by Crippen LogP contribution is -1.96. The Morgan fingerprint density at radius 1 is 1.11 bits per heavy atom. The minimum Gasteiger partial charge on any atom is -0.478 e. The SMILES string of the molecule is O=Cc1c(F)cccc1-c1ccc(C(=O)O)cc1. The summed E-state index contributed by atoms with van der Waals surface area (Å²) in [4.78, 5) is 21.6. The highest BCUT2D eigenvalue weighted by atomic mass is 19.1. The van der Waals surface area contributed by atoms with E-state index in [9.17, 15) is 14.0 Å². The Kier molecular flexibility index (Phi) is 3.19. The van der Waals surface area contributed by atoms with Crippen LogP contribution in [0.15, 0.2) is 42.5 Å². The number of rotatable bonds is 3. The lowest BCUT2D eigenvalue weighted by Gasteiger charge is -2.06. The smallest absolute Gasteiger partial charge is 0.335 e. The van der Waals surface area contributed by atoms with E-state index in [1.54, 1.807) is 18.2 Å². The quantitative estimate of drug-likeness (QED) is 0.844. The highest BCUT2D eigenvalue weighted by Gasteiger charge is 2.10. The molecule has 0 aromatic heterocycles. The number of aromatic carboxylic acids is 1. The van der Waals surface area contributed by atoms with Crippen molar-refractivity contribution in [3.05, 3.63) is 59.4 Å². The summed E-state index contributed by atoms with van der Waals surface area (Å²) >= 11 is 0. The number of carboxylic acid groups (broad SMARTS) is 1. The normalized spacial score (nSPS) is 10.1. The van der Waals surface area contributed by atoms with Gasteiger partial charge >= 0.3 is 5.97 Å². The zero-order valence-corrected chi connectivity index (χ0v) is 9.26. The molecule has 0 atom stereocenters. The fraction of sp³-hybridized carbons (Fsp3) is 0. The largest absolute Gasteiger partial charge is 0.478 e. The van der Waals surface area contributed by atoms with E-state index in [2.05, 4.69) is 0 Å². The minimum atomic E-state index is -1.03. The molecule has 0 saturated carbocycles. The second-order valence-corrected chi connectivity index (χ2v) is 3.70. The predicted octanol–water partition coefficient (Wildman–Crippen LogP) is 3.00. The van der Waals surface area contributed by atoms with Crippen LogP contribution in [0.5, 0.6) is 0 Å². The van der Waals surface area contributed by atoms with Crippen molar-refractivity contribution in [2.24, 2.45) is 0 Å². The molecule has 0 radical (unpaired) electrons. The van der Waals surface area contributed by atoms with Crippen LogP contribution >= 0.6 is 0 Å². The zero-order valence-electron chi connectivity index (χ0n) is 9.26. The van der Waals surface area contributed by atoms with Crippen molar-refractivity contribution in [3.63, 3.8) is 0 Å². The van der Waals surface area contributed by atoms with Crippen LogP contribution < -0.4 is 0 Å². The van der Waals surface area contributed by atoms with Gasteiger partial charge in [0.25, 0.3) is 0 Å². The fourth-order valence-corrected chi connectivity index (χ4v) is 1.70. The molecule has 0 unspecified atom stereocenters. The maximum atomic E-state index is 13.4. The third-order valence-corrected chi connectivity index (χ3v) is 2.61. The molecule has 90 valence electrons. The monoisotopic (exact) mass is 244 g/mol. The lowest BCUT2D eigenvalue weighted by atomic mass is 9.99. The number of benzene rings is 2. The molecular formula is C14H9FO3. The first kappa shape index (κ1) is 12.0. The molecule has 0 amide bonds. The summed E-state index contributed by atoms with van der Waals surface area (Å²) in [6.07, 6.45) is 0.454. The van der Waals surface area contributed by atoms with Crippen molar-refractivity contribution in [1.82, 2.24) is 0 Å². The van der Waals surface area contributed by atoms with E-state index >= 15 is 0 Å². The number of carboxylic acids is 1. The lowest BCUT2D eigenvalue weighted by molar-refractivity contribution is 0.0696. The molecular weight excluding hydrogens is 235 g/mol. The van der Waals surface area contributed by atoms with Gasteiger partial charge in [0.1, 0.15) is 5.82 Å². The van der Waals surface area contributed by atoms with Crippen molar-refractivity contribution in [1.29, 1.82) is 0 Å². The Morgan fingerprint density at radius 3 is 2.33 bits per heavy atom. The van der Waals surface area contributed by atoms with Crippen LogP contribution in [0, 0.1) is 5.82 Å². The molecule has 0 heterocycles. The Morgan fingerprint density at radius 2 is 1.78 bits per heavy atom. The van der Waals surface area contributed by atoms with Gasteiger partial charge in [0.2, 0.25) is 0 Å². The molecule has 0 spiro atoms. The van der Waals surface area contributed by atoms with Crippen LogP contribution in [0.2, 0.25) is 0 Å². The van der Waals surface area contributed by atoms with Crippen LogP contribution in [0.3, 0.4) is 0 Å². The summed E-state index contributed by atoms with van der Waals surface area (Å²) in [5, 5.41) is 8.77. The number of halogens is 1. The maximum absolute atomic E-state index is 13.4. The molecule has 0 bridgehead atoms. The molecule has 0 fully saturated rings. The van der Waals surface area contributed by atoms with Crippen molar-refractivity contribution < 1.29 is 19.1 Å². The van der Waals surface area contributed by atoms with Gasteiger partial charge in [0.15, 0.2) is 6.29 Å². The van der Waals surface area contributed by atoms with Crippen molar-refractivity contribution in [2.45, 2.75) is 0 Å². The average molecular weight is 244 g/mol. The Bertz CT molecular complexity index is 603. The molecule has 0 aliphatic heterocycles. The summed E-state index contributed by atoms with van der Waals surface area (Å²) in [6.45, 7) is 0. The second-order valence-electron chi connectivity index (χ2n) is 3.70. The van der Waals surface area contributed by atoms with Crippen LogP contribution in [0.1, 0.15) is 20.7 Å². The predicted molar refractivity (Wildman–Crippen MR) is 64.2 cm³/mol. The molecule has 0 aliphatic carbocycles. The molecule has 2 rings (SSSR count). The van der Waals surface area contributed by atoms with E-state index in [4.69, 9.17) is 5.11 Å². The molecule has 4 heteroatoms. The second kappa shape index (κ2) is 4.79. The topological polar surface area (TPSA) is 54.4 Å². The van der Waals surface area contributed by atoms with Gasteiger partial charge in [0, 0.05) is 0 Å². The molecule has 0 aliphatic rings. The van der Waals surface area contributed by atoms with Crippen LogP contribution in [0.25, 0.3) is 11.1 Å². The zero-order chi connectivity index (χ0) is 13.1.